The van der Waals surface area contributed by atoms with E-state index < -0.39 is 5.95 Å². The van der Waals surface area contributed by atoms with E-state index in [1.807, 2.05) is 6.92 Å². The molecule has 3 heteroatoms. The molecular formula is C9H11FN2. The van der Waals surface area contributed by atoms with E-state index in [0.29, 0.717) is 0 Å². The molecule has 0 saturated carbocycles. The summed E-state index contributed by atoms with van der Waals surface area (Å²) in [7, 11) is 0. The molecule has 1 aromatic heterocycles. The van der Waals surface area contributed by atoms with Crippen LogP contribution in [0.2, 0.25) is 0 Å². The van der Waals surface area contributed by atoms with Crippen LogP contribution in [0.25, 0.3) is 0 Å². The standard InChI is InChI=1S/C9H11FN2/c1-3-7(2)12-8-4-5-9(10)11-6-8/h4-6,12H,2-3H2,1H3. The van der Waals surface area contributed by atoms with Crippen LogP contribution in [0.3, 0.4) is 0 Å². The molecule has 0 aliphatic heterocycles. The summed E-state index contributed by atoms with van der Waals surface area (Å²) in [6.07, 6.45) is 2.29. The highest BCUT2D eigenvalue weighted by Gasteiger charge is 1.94. The number of rotatable bonds is 3. The number of nitrogens with one attached hydrogen (secondary N) is 1. The second-order valence-corrected chi connectivity index (χ2v) is 2.45. The molecule has 0 saturated heterocycles. The lowest BCUT2D eigenvalue weighted by Crippen LogP contribution is -1.97. The van der Waals surface area contributed by atoms with E-state index in [4.69, 9.17) is 0 Å². The largest absolute Gasteiger partial charge is 0.358 e. The Balaban J connectivity index is 2.64. The minimum absolute atomic E-state index is 0.470. The van der Waals surface area contributed by atoms with Gasteiger partial charge >= 0.3 is 0 Å². The number of allylic oxidation sites excluding steroid dienone is 1. The van der Waals surface area contributed by atoms with Gasteiger partial charge in [0.1, 0.15) is 0 Å². The Morgan fingerprint density at radius 2 is 2.42 bits per heavy atom. The van der Waals surface area contributed by atoms with Crippen LogP contribution in [-0.4, -0.2) is 4.98 Å². The summed E-state index contributed by atoms with van der Waals surface area (Å²) in [5.74, 6) is -0.470. The number of aromatic nitrogens is 1. The number of anilines is 1. The van der Waals surface area contributed by atoms with E-state index in [1.54, 1.807) is 6.07 Å². The van der Waals surface area contributed by atoms with Crippen LogP contribution in [0.15, 0.2) is 30.6 Å². The zero-order valence-corrected chi connectivity index (χ0v) is 6.97. The Bertz CT molecular complexity index is 266. The second kappa shape index (κ2) is 3.85. The Kier molecular flexibility index (Phi) is 2.80. The molecule has 64 valence electrons. The zero-order valence-electron chi connectivity index (χ0n) is 6.97. The van der Waals surface area contributed by atoms with Crippen LogP contribution in [0, 0.1) is 5.95 Å². The zero-order chi connectivity index (χ0) is 8.97. The van der Waals surface area contributed by atoms with Crippen molar-refractivity contribution in [3.05, 3.63) is 36.6 Å². The molecule has 0 aliphatic rings. The Hall–Kier alpha value is -1.38. The second-order valence-electron chi connectivity index (χ2n) is 2.45. The molecule has 0 amide bonds. The topological polar surface area (TPSA) is 24.9 Å². The molecule has 0 fully saturated rings. The van der Waals surface area contributed by atoms with Gasteiger partial charge in [0, 0.05) is 5.70 Å². The first-order chi connectivity index (χ1) is 5.72. The molecule has 0 unspecified atom stereocenters. The molecule has 0 bridgehead atoms. The van der Waals surface area contributed by atoms with Crippen LogP contribution in [0.1, 0.15) is 13.3 Å². The molecule has 12 heavy (non-hydrogen) atoms. The Morgan fingerprint density at radius 3 is 2.92 bits per heavy atom. The molecule has 0 atom stereocenters. The molecule has 1 aromatic rings. The number of hydrogen-bond donors (Lipinski definition) is 1. The molecule has 1 heterocycles. The number of halogens is 1. The third-order valence-corrected chi connectivity index (χ3v) is 1.48. The fourth-order valence-electron chi connectivity index (χ4n) is 0.742. The molecule has 0 radical (unpaired) electrons. The van der Waals surface area contributed by atoms with Crippen LogP contribution in [-0.2, 0) is 0 Å². The van der Waals surface area contributed by atoms with Crippen LogP contribution in [0.4, 0.5) is 10.1 Å². The number of hydrogen-bond acceptors (Lipinski definition) is 2. The summed E-state index contributed by atoms with van der Waals surface area (Å²) in [5, 5.41) is 3.00. The van der Waals surface area contributed by atoms with Crippen molar-refractivity contribution >= 4 is 5.69 Å². The van der Waals surface area contributed by atoms with Crippen molar-refractivity contribution in [3.63, 3.8) is 0 Å². The maximum atomic E-state index is 12.3. The van der Waals surface area contributed by atoms with Gasteiger partial charge in [0.15, 0.2) is 0 Å². The minimum Gasteiger partial charge on any atom is -0.358 e. The van der Waals surface area contributed by atoms with Gasteiger partial charge in [-0.3, -0.25) is 0 Å². The van der Waals surface area contributed by atoms with Crippen LogP contribution >= 0.6 is 0 Å². The van der Waals surface area contributed by atoms with E-state index >= 15 is 0 Å². The van der Waals surface area contributed by atoms with Crippen molar-refractivity contribution in [2.24, 2.45) is 0 Å². The molecular weight excluding hydrogens is 155 g/mol. The van der Waals surface area contributed by atoms with Crippen molar-refractivity contribution in [1.29, 1.82) is 0 Å². The highest BCUT2D eigenvalue weighted by atomic mass is 19.1. The highest BCUT2D eigenvalue weighted by Crippen LogP contribution is 2.08. The Morgan fingerprint density at radius 1 is 1.67 bits per heavy atom. The molecule has 1 N–H and O–H groups in total. The molecule has 0 spiro atoms. The van der Waals surface area contributed by atoms with Gasteiger partial charge in [-0.05, 0) is 18.6 Å². The van der Waals surface area contributed by atoms with E-state index in [1.165, 1.54) is 12.3 Å². The fourth-order valence-corrected chi connectivity index (χ4v) is 0.742. The van der Waals surface area contributed by atoms with Gasteiger partial charge < -0.3 is 5.32 Å². The Labute approximate surface area is 71.1 Å². The van der Waals surface area contributed by atoms with E-state index in [9.17, 15) is 4.39 Å². The monoisotopic (exact) mass is 166 g/mol. The van der Waals surface area contributed by atoms with Crippen LogP contribution < -0.4 is 5.32 Å². The minimum atomic E-state index is -0.470. The quantitative estimate of drug-likeness (QED) is 0.698. The average molecular weight is 166 g/mol. The lowest BCUT2D eigenvalue weighted by atomic mass is 10.3. The summed E-state index contributed by atoms with van der Waals surface area (Å²) in [6.45, 7) is 5.75. The first-order valence-corrected chi connectivity index (χ1v) is 3.78. The smallest absolute Gasteiger partial charge is 0.212 e. The van der Waals surface area contributed by atoms with Crippen molar-refractivity contribution in [1.82, 2.24) is 4.98 Å². The van der Waals surface area contributed by atoms with Crippen molar-refractivity contribution in [2.75, 3.05) is 5.32 Å². The van der Waals surface area contributed by atoms with Gasteiger partial charge in [0.2, 0.25) is 5.95 Å². The SMILES string of the molecule is C=C(CC)Nc1ccc(F)nc1. The van der Waals surface area contributed by atoms with Crippen molar-refractivity contribution < 1.29 is 4.39 Å². The predicted octanol–water partition coefficient (Wildman–Crippen LogP) is 2.56. The normalized spacial score (nSPS) is 9.50. The highest BCUT2D eigenvalue weighted by molar-refractivity contribution is 5.44. The molecule has 1 rings (SSSR count). The summed E-state index contributed by atoms with van der Waals surface area (Å²) in [6, 6.07) is 2.94. The summed E-state index contributed by atoms with van der Waals surface area (Å²) >= 11 is 0. The lowest BCUT2D eigenvalue weighted by molar-refractivity contribution is 0.584. The summed E-state index contributed by atoms with van der Waals surface area (Å²) < 4.78 is 12.3. The van der Waals surface area contributed by atoms with Gasteiger partial charge in [-0.15, -0.1) is 0 Å². The van der Waals surface area contributed by atoms with Gasteiger partial charge in [-0.1, -0.05) is 13.5 Å². The third kappa shape index (κ3) is 2.34. The first-order valence-electron chi connectivity index (χ1n) is 3.78. The first kappa shape index (κ1) is 8.71. The van der Waals surface area contributed by atoms with E-state index in [2.05, 4.69) is 16.9 Å². The summed E-state index contributed by atoms with van der Waals surface area (Å²) in [4.78, 5) is 3.50. The molecule has 0 aromatic carbocycles. The average Bonchev–Trinajstić information content (AvgIpc) is 2.09. The number of pyridine rings is 1. The number of nitrogens with zero attached hydrogens (tertiary/aromatic N) is 1. The predicted molar refractivity (Wildman–Crippen MR) is 47.2 cm³/mol. The van der Waals surface area contributed by atoms with Gasteiger partial charge in [0.05, 0.1) is 11.9 Å². The van der Waals surface area contributed by atoms with E-state index in [0.717, 1.165) is 17.8 Å². The lowest BCUT2D eigenvalue weighted by Gasteiger charge is -2.05. The maximum Gasteiger partial charge on any atom is 0.212 e. The van der Waals surface area contributed by atoms with Crippen molar-refractivity contribution in [2.45, 2.75) is 13.3 Å². The van der Waals surface area contributed by atoms with Gasteiger partial charge in [0.25, 0.3) is 0 Å². The van der Waals surface area contributed by atoms with Gasteiger partial charge in [-0.2, -0.15) is 4.39 Å². The fraction of sp³-hybridized carbons (Fsp3) is 0.222. The molecule has 2 nitrogen and oxygen atoms in total. The van der Waals surface area contributed by atoms with E-state index in [-0.39, 0.29) is 0 Å². The third-order valence-electron chi connectivity index (χ3n) is 1.48. The van der Waals surface area contributed by atoms with Gasteiger partial charge in [-0.25, -0.2) is 4.98 Å². The summed E-state index contributed by atoms with van der Waals surface area (Å²) in [5.41, 5.74) is 1.66. The van der Waals surface area contributed by atoms with Crippen molar-refractivity contribution in [3.8, 4) is 0 Å². The van der Waals surface area contributed by atoms with Crippen LogP contribution in [0.5, 0.6) is 0 Å². The maximum absolute atomic E-state index is 12.3. The molecule has 0 aliphatic carbocycles.